The van der Waals surface area contributed by atoms with Crippen LogP contribution >= 0.6 is 0 Å². The van der Waals surface area contributed by atoms with Gasteiger partial charge in [0.1, 0.15) is 0 Å². The van der Waals surface area contributed by atoms with E-state index < -0.39 is 0 Å². The molecule has 2 aromatic carbocycles. The predicted octanol–water partition coefficient (Wildman–Crippen LogP) is 2.73. The van der Waals surface area contributed by atoms with Gasteiger partial charge in [0.15, 0.2) is 0 Å². The Morgan fingerprint density at radius 3 is 2.90 bits per heavy atom. The first-order valence-electron chi connectivity index (χ1n) is 7.14. The van der Waals surface area contributed by atoms with Gasteiger partial charge in [0.05, 0.1) is 6.04 Å². The first-order valence-corrected chi connectivity index (χ1v) is 7.14. The van der Waals surface area contributed by atoms with Gasteiger partial charge in [0.2, 0.25) is 0 Å². The second-order valence-electron chi connectivity index (χ2n) is 5.35. The van der Waals surface area contributed by atoms with Gasteiger partial charge >= 0.3 is 0 Å². The molecular formula is C17H19N3O. The van der Waals surface area contributed by atoms with E-state index in [1.165, 1.54) is 11.1 Å². The Morgan fingerprint density at radius 1 is 1.24 bits per heavy atom. The minimum atomic E-state index is -0.0711. The summed E-state index contributed by atoms with van der Waals surface area (Å²) in [5, 5.41) is 6.16. The van der Waals surface area contributed by atoms with E-state index in [4.69, 9.17) is 5.73 Å². The molecule has 4 N–H and O–H groups in total. The third kappa shape index (κ3) is 2.70. The molecule has 108 valence electrons. The highest BCUT2D eigenvalue weighted by molar-refractivity contribution is 5.94. The number of benzene rings is 2. The van der Waals surface area contributed by atoms with Crippen molar-refractivity contribution in [1.82, 2.24) is 5.32 Å². The molecule has 0 aromatic heterocycles. The van der Waals surface area contributed by atoms with Gasteiger partial charge in [-0.2, -0.15) is 0 Å². The monoisotopic (exact) mass is 281 g/mol. The number of amides is 1. The maximum atomic E-state index is 11.7. The number of hydrogen-bond acceptors (Lipinski definition) is 3. The second kappa shape index (κ2) is 5.48. The summed E-state index contributed by atoms with van der Waals surface area (Å²) in [5.74, 6) is -0.0711. The normalized spacial score (nSPS) is 16.3. The Bertz CT molecular complexity index is 681. The number of anilines is 2. The predicted molar refractivity (Wildman–Crippen MR) is 85.4 cm³/mol. The minimum absolute atomic E-state index is 0.0711. The summed E-state index contributed by atoms with van der Waals surface area (Å²) in [6.07, 6.45) is 2.08. The van der Waals surface area contributed by atoms with Gasteiger partial charge in [0, 0.05) is 24.0 Å². The average Bonchev–Trinajstić information content (AvgIpc) is 2.89. The number of nitrogens with two attached hydrogens (primary N) is 1. The summed E-state index contributed by atoms with van der Waals surface area (Å²) in [6.45, 7) is 0. The van der Waals surface area contributed by atoms with Gasteiger partial charge in [0.25, 0.3) is 5.91 Å². The molecule has 0 aliphatic heterocycles. The van der Waals surface area contributed by atoms with E-state index >= 15 is 0 Å². The van der Waals surface area contributed by atoms with Crippen molar-refractivity contribution < 1.29 is 4.79 Å². The van der Waals surface area contributed by atoms with Crippen molar-refractivity contribution >= 4 is 17.3 Å². The Labute approximate surface area is 124 Å². The zero-order chi connectivity index (χ0) is 14.8. The maximum absolute atomic E-state index is 11.7. The average molecular weight is 281 g/mol. The number of rotatable bonds is 3. The molecule has 1 aliphatic rings. The van der Waals surface area contributed by atoms with E-state index in [9.17, 15) is 4.79 Å². The molecule has 0 radical (unpaired) electrons. The quantitative estimate of drug-likeness (QED) is 0.758. The number of aryl methyl sites for hydroxylation is 1. The standard InChI is InChI=1S/C17H19N3O/c1-19-17(21)12-3-2-4-14(10-12)20-16-8-5-11-9-13(18)6-7-15(11)16/h2-4,6-7,9-10,16,20H,5,8,18H2,1H3,(H,19,21). The SMILES string of the molecule is CNC(=O)c1cccc(NC2CCc3cc(N)ccc32)c1. The molecule has 2 aromatic rings. The fourth-order valence-corrected chi connectivity index (χ4v) is 2.88. The number of nitrogen functional groups attached to an aromatic ring is 1. The van der Waals surface area contributed by atoms with E-state index in [1.807, 2.05) is 30.3 Å². The molecule has 1 unspecified atom stereocenters. The second-order valence-corrected chi connectivity index (χ2v) is 5.35. The van der Waals surface area contributed by atoms with Crippen LogP contribution in [-0.2, 0) is 6.42 Å². The molecule has 3 rings (SSSR count). The Hall–Kier alpha value is -2.49. The van der Waals surface area contributed by atoms with Crippen LogP contribution < -0.4 is 16.4 Å². The van der Waals surface area contributed by atoms with Gasteiger partial charge in [-0.3, -0.25) is 4.79 Å². The molecule has 1 aliphatic carbocycles. The van der Waals surface area contributed by atoms with Crippen LogP contribution in [0.2, 0.25) is 0 Å². The van der Waals surface area contributed by atoms with E-state index in [1.54, 1.807) is 7.05 Å². The number of carbonyl (C=O) groups excluding carboxylic acids is 1. The van der Waals surface area contributed by atoms with Gasteiger partial charge in [-0.1, -0.05) is 12.1 Å². The molecule has 1 amide bonds. The Morgan fingerprint density at radius 2 is 2.10 bits per heavy atom. The lowest BCUT2D eigenvalue weighted by molar-refractivity contribution is 0.0963. The Balaban J connectivity index is 1.81. The fourth-order valence-electron chi connectivity index (χ4n) is 2.88. The Kier molecular flexibility index (Phi) is 3.52. The minimum Gasteiger partial charge on any atom is -0.399 e. The zero-order valence-electron chi connectivity index (χ0n) is 12.0. The van der Waals surface area contributed by atoms with Crippen LogP contribution in [0.25, 0.3) is 0 Å². The molecule has 4 nitrogen and oxygen atoms in total. The molecule has 0 spiro atoms. The molecule has 0 saturated heterocycles. The number of hydrogen-bond donors (Lipinski definition) is 3. The van der Waals surface area contributed by atoms with Crippen LogP contribution in [0.1, 0.15) is 33.9 Å². The molecule has 4 heteroatoms. The van der Waals surface area contributed by atoms with E-state index in [2.05, 4.69) is 22.8 Å². The van der Waals surface area contributed by atoms with Crippen molar-refractivity contribution in [3.63, 3.8) is 0 Å². The molecule has 0 fully saturated rings. The molecule has 0 heterocycles. The molecular weight excluding hydrogens is 262 g/mol. The lowest BCUT2D eigenvalue weighted by Crippen LogP contribution is -2.18. The summed E-state index contributed by atoms with van der Waals surface area (Å²) in [7, 11) is 1.64. The van der Waals surface area contributed by atoms with Crippen LogP contribution in [0.3, 0.4) is 0 Å². The zero-order valence-corrected chi connectivity index (χ0v) is 12.0. The van der Waals surface area contributed by atoms with Crippen molar-refractivity contribution in [2.75, 3.05) is 18.1 Å². The van der Waals surface area contributed by atoms with E-state index in [-0.39, 0.29) is 11.9 Å². The first kappa shape index (κ1) is 13.5. The molecule has 0 saturated carbocycles. The number of carbonyl (C=O) groups is 1. The van der Waals surface area contributed by atoms with Crippen molar-refractivity contribution in [2.24, 2.45) is 0 Å². The number of fused-ring (bicyclic) bond motifs is 1. The highest BCUT2D eigenvalue weighted by Gasteiger charge is 2.22. The summed E-state index contributed by atoms with van der Waals surface area (Å²) < 4.78 is 0. The van der Waals surface area contributed by atoms with Crippen LogP contribution in [-0.4, -0.2) is 13.0 Å². The summed E-state index contributed by atoms with van der Waals surface area (Å²) >= 11 is 0. The molecule has 0 bridgehead atoms. The molecule has 21 heavy (non-hydrogen) atoms. The number of nitrogens with one attached hydrogen (secondary N) is 2. The lowest BCUT2D eigenvalue weighted by atomic mass is 10.1. The van der Waals surface area contributed by atoms with Crippen LogP contribution in [0.5, 0.6) is 0 Å². The fraction of sp³-hybridized carbons (Fsp3) is 0.235. The lowest BCUT2D eigenvalue weighted by Gasteiger charge is -2.16. The van der Waals surface area contributed by atoms with E-state index in [0.29, 0.717) is 5.56 Å². The topological polar surface area (TPSA) is 67.2 Å². The third-order valence-electron chi connectivity index (χ3n) is 3.94. The highest BCUT2D eigenvalue weighted by atomic mass is 16.1. The smallest absolute Gasteiger partial charge is 0.251 e. The van der Waals surface area contributed by atoms with E-state index in [0.717, 1.165) is 24.2 Å². The van der Waals surface area contributed by atoms with Crippen molar-refractivity contribution in [3.05, 3.63) is 59.2 Å². The van der Waals surface area contributed by atoms with Gasteiger partial charge in [-0.05, 0) is 54.3 Å². The van der Waals surface area contributed by atoms with Gasteiger partial charge in [-0.25, -0.2) is 0 Å². The summed E-state index contributed by atoms with van der Waals surface area (Å²) in [5.41, 5.74) is 10.9. The summed E-state index contributed by atoms with van der Waals surface area (Å²) in [4.78, 5) is 11.7. The third-order valence-corrected chi connectivity index (χ3v) is 3.94. The van der Waals surface area contributed by atoms with Crippen LogP contribution in [0, 0.1) is 0 Å². The van der Waals surface area contributed by atoms with Crippen molar-refractivity contribution in [1.29, 1.82) is 0 Å². The van der Waals surface area contributed by atoms with Crippen LogP contribution in [0.4, 0.5) is 11.4 Å². The first-order chi connectivity index (χ1) is 10.2. The maximum Gasteiger partial charge on any atom is 0.251 e. The van der Waals surface area contributed by atoms with Crippen molar-refractivity contribution in [2.45, 2.75) is 18.9 Å². The van der Waals surface area contributed by atoms with Gasteiger partial charge in [-0.15, -0.1) is 0 Å². The van der Waals surface area contributed by atoms with Crippen LogP contribution in [0.15, 0.2) is 42.5 Å². The summed E-state index contributed by atoms with van der Waals surface area (Å²) in [6, 6.07) is 13.9. The molecule has 1 atom stereocenters. The largest absolute Gasteiger partial charge is 0.399 e. The van der Waals surface area contributed by atoms with Gasteiger partial charge < -0.3 is 16.4 Å². The van der Waals surface area contributed by atoms with Crippen molar-refractivity contribution in [3.8, 4) is 0 Å². The highest BCUT2D eigenvalue weighted by Crippen LogP contribution is 2.34.